The Morgan fingerprint density at radius 1 is 1.31 bits per heavy atom. The molecule has 3 rings (SSSR count). The van der Waals surface area contributed by atoms with Crippen LogP contribution in [-0.2, 0) is 11.4 Å². The Balaban J connectivity index is 1.83. The first-order valence-electron chi connectivity index (χ1n) is 8.65. The molecule has 1 aromatic heterocycles. The Hall–Kier alpha value is -2.97. The van der Waals surface area contributed by atoms with Gasteiger partial charge in [-0.25, -0.2) is 4.98 Å². The van der Waals surface area contributed by atoms with Crippen molar-refractivity contribution in [3.8, 4) is 5.75 Å². The molecule has 0 saturated carbocycles. The second kappa shape index (κ2) is 8.59. The predicted molar refractivity (Wildman–Crippen MR) is 113 cm³/mol. The molecular formula is C20H18ClN3O4S. The highest BCUT2D eigenvalue weighted by atomic mass is 35.5. The molecule has 150 valence electrons. The lowest BCUT2D eigenvalue weighted by Crippen LogP contribution is -2.24. The molecule has 0 unspecified atom stereocenters. The lowest BCUT2D eigenvalue weighted by atomic mass is 10.1. The zero-order valence-electron chi connectivity index (χ0n) is 16.0. The number of hydrogen-bond donors (Lipinski definition) is 0. The Kier molecular flexibility index (Phi) is 6.14. The highest BCUT2D eigenvalue weighted by Crippen LogP contribution is 2.37. The Labute approximate surface area is 176 Å². The first kappa shape index (κ1) is 20.8. The molecule has 29 heavy (non-hydrogen) atoms. The van der Waals surface area contributed by atoms with Gasteiger partial charge >= 0.3 is 0 Å². The summed E-state index contributed by atoms with van der Waals surface area (Å²) in [5, 5.41) is 13.6. The maximum absolute atomic E-state index is 12.4. The van der Waals surface area contributed by atoms with Crippen molar-refractivity contribution >= 4 is 45.4 Å². The average Bonchev–Trinajstić information content (AvgIpc) is 3.11. The quantitative estimate of drug-likeness (QED) is 0.375. The van der Waals surface area contributed by atoms with E-state index in [1.54, 1.807) is 23.6 Å². The van der Waals surface area contributed by atoms with Gasteiger partial charge in [-0.15, -0.1) is 11.3 Å². The maximum Gasteiger partial charge on any atom is 0.273 e. The van der Waals surface area contributed by atoms with E-state index in [9.17, 15) is 14.9 Å². The lowest BCUT2D eigenvalue weighted by molar-refractivity contribution is -0.384. The molecule has 0 bridgehead atoms. The number of nitro groups is 1. The fourth-order valence-electron chi connectivity index (χ4n) is 2.89. The van der Waals surface area contributed by atoms with Crippen LogP contribution in [0.3, 0.4) is 0 Å². The van der Waals surface area contributed by atoms with E-state index >= 15 is 0 Å². The van der Waals surface area contributed by atoms with Crippen LogP contribution < -0.4 is 9.64 Å². The van der Waals surface area contributed by atoms with Gasteiger partial charge in [0.05, 0.1) is 27.4 Å². The van der Waals surface area contributed by atoms with E-state index in [1.807, 2.05) is 19.9 Å². The number of amides is 1. The number of aryl methyl sites for hydroxylation is 2. The number of carbonyl (C=O) groups is 1. The van der Waals surface area contributed by atoms with Gasteiger partial charge in [0, 0.05) is 18.4 Å². The summed E-state index contributed by atoms with van der Waals surface area (Å²) in [6.07, 6.45) is 0. The average molecular weight is 432 g/mol. The van der Waals surface area contributed by atoms with Gasteiger partial charge in [0.25, 0.3) is 5.69 Å². The summed E-state index contributed by atoms with van der Waals surface area (Å²) >= 11 is 7.71. The third-order valence-electron chi connectivity index (χ3n) is 4.08. The molecule has 2 aromatic carbocycles. The zero-order chi connectivity index (χ0) is 21.1. The number of non-ortho nitro benzene ring substituents is 1. The molecule has 1 heterocycles. The molecule has 0 aliphatic rings. The van der Waals surface area contributed by atoms with E-state index in [4.69, 9.17) is 16.3 Å². The molecule has 0 spiro atoms. The Morgan fingerprint density at radius 3 is 2.72 bits per heavy atom. The topological polar surface area (TPSA) is 85.6 Å². The monoisotopic (exact) mass is 431 g/mol. The maximum atomic E-state index is 12.4. The van der Waals surface area contributed by atoms with Crippen LogP contribution in [0.2, 0.25) is 5.02 Å². The number of carbonyl (C=O) groups excluding carboxylic acids is 1. The number of benzene rings is 2. The van der Waals surface area contributed by atoms with Gasteiger partial charge in [-0.1, -0.05) is 23.7 Å². The van der Waals surface area contributed by atoms with Crippen molar-refractivity contribution in [2.24, 2.45) is 0 Å². The first-order chi connectivity index (χ1) is 13.8. The van der Waals surface area contributed by atoms with E-state index in [0.717, 1.165) is 11.1 Å². The Morgan fingerprint density at radius 2 is 2.07 bits per heavy atom. The summed E-state index contributed by atoms with van der Waals surface area (Å²) < 4.78 is 5.62. The van der Waals surface area contributed by atoms with Crippen LogP contribution >= 0.6 is 22.9 Å². The van der Waals surface area contributed by atoms with Gasteiger partial charge in [-0.3, -0.25) is 19.8 Å². The van der Waals surface area contributed by atoms with Crippen molar-refractivity contribution in [2.75, 3.05) is 4.90 Å². The molecule has 1 amide bonds. The number of hydrogen-bond acceptors (Lipinski definition) is 6. The minimum Gasteiger partial charge on any atom is -0.487 e. The summed E-state index contributed by atoms with van der Waals surface area (Å²) in [4.78, 5) is 28.7. The molecule has 0 aliphatic heterocycles. The Bertz CT molecular complexity index is 1060. The molecule has 0 atom stereocenters. The van der Waals surface area contributed by atoms with Gasteiger partial charge in [-0.2, -0.15) is 0 Å². The summed E-state index contributed by atoms with van der Waals surface area (Å²) in [5.41, 5.74) is 3.03. The molecule has 0 saturated heterocycles. The van der Waals surface area contributed by atoms with Crippen molar-refractivity contribution in [1.29, 1.82) is 0 Å². The third kappa shape index (κ3) is 4.72. The molecule has 0 N–H and O–H groups in total. The molecule has 7 nitrogen and oxygen atoms in total. The van der Waals surface area contributed by atoms with Crippen LogP contribution in [-0.4, -0.2) is 15.8 Å². The molecule has 0 aliphatic carbocycles. The fraction of sp³-hybridized carbons (Fsp3) is 0.200. The van der Waals surface area contributed by atoms with Gasteiger partial charge in [0.1, 0.15) is 12.4 Å². The minimum absolute atomic E-state index is 0.0475. The van der Waals surface area contributed by atoms with Gasteiger partial charge in [-0.05, 0) is 37.1 Å². The standard InChI is InChI=1S/C20H18ClN3O4S/c1-12-7-13(2)19(18(21)8-12)23(14(3)25)20-22-15(11-29-20)10-28-17-6-4-5-16(9-17)24(26)27/h4-9,11H,10H2,1-3H3. The van der Waals surface area contributed by atoms with Crippen molar-refractivity contribution in [1.82, 2.24) is 4.98 Å². The van der Waals surface area contributed by atoms with E-state index in [1.165, 1.54) is 35.3 Å². The van der Waals surface area contributed by atoms with Crippen LogP contribution in [0.4, 0.5) is 16.5 Å². The van der Waals surface area contributed by atoms with Crippen molar-refractivity contribution < 1.29 is 14.5 Å². The number of anilines is 2. The summed E-state index contributed by atoms with van der Waals surface area (Å²) in [7, 11) is 0. The van der Waals surface area contributed by atoms with Gasteiger partial charge < -0.3 is 4.74 Å². The third-order valence-corrected chi connectivity index (χ3v) is 5.25. The zero-order valence-corrected chi connectivity index (χ0v) is 17.6. The highest BCUT2D eigenvalue weighted by Gasteiger charge is 2.22. The van der Waals surface area contributed by atoms with E-state index in [-0.39, 0.29) is 18.2 Å². The fourth-order valence-corrected chi connectivity index (χ4v) is 4.15. The highest BCUT2D eigenvalue weighted by molar-refractivity contribution is 7.14. The van der Waals surface area contributed by atoms with Crippen molar-refractivity contribution in [3.05, 3.63) is 73.7 Å². The van der Waals surface area contributed by atoms with Crippen LogP contribution in [0.25, 0.3) is 0 Å². The summed E-state index contributed by atoms with van der Waals surface area (Å²) in [5.74, 6) is 0.161. The van der Waals surface area contributed by atoms with Crippen LogP contribution in [0.15, 0.2) is 41.8 Å². The van der Waals surface area contributed by atoms with Crippen LogP contribution in [0, 0.1) is 24.0 Å². The lowest BCUT2D eigenvalue weighted by Gasteiger charge is -2.22. The van der Waals surface area contributed by atoms with Gasteiger partial charge in [0.2, 0.25) is 5.91 Å². The van der Waals surface area contributed by atoms with Crippen LogP contribution in [0.1, 0.15) is 23.7 Å². The summed E-state index contributed by atoms with van der Waals surface area (Å²) in [6.45, 7) is 5.40. The number of nitrogens with zero attached hydrogens (tertiary/aromatic N) is 3. The molecular weight excluding hydrogens is 414 g/mol. The number of aromatic nitrogens is 1. The number of nitro benzene ring substituents is 1. The van der Waals surface area contributed by atoms with E-state index in [0.29, 0.717) is 27.3 Å². The van der Waals surface area contributed by atoms with E-state index in [2.05, 4.69) is 4.98 Å². The molecule has 0 radical (unpaired) electrons. The molecule has 9 heteroatoms. The number of thiazole rings is 1. The molecule has 3 aromatic rings. The number of rotatable bonds is 6. The smallest absolute Gasteiger partial charge is 0.273 e. The first-order valence-corrected chi connectivity index (χ1v) is 9.91. The summed E-state index contributed by atoms with van der Waals surface area (Å²) in [6, 6.07) is 9.70. The predicted octanol–water partition coefficient (Wildman–Crippen LogP) is 5.59. The van der Waals surface area contributed by atoms with Crippen molar-refractivity contribution in [2.45, 2.75) is 27.4 Å². The van der Waals surface area contributed by atoms with E-state index < -0.39 is 4.92 Å². The number of halogens is 1. The minimum atomic E-state index is -0.480. The second-order valence-corrected chi connectivity index (χ2v) is 7.67. The second-order valence-electron chi connectivity index (χ2n) is 6.43. The molecule has 0 fully saturated rings. The van der Waals surface area contributed by atoms with Gasteiger partial charge in [0.15, 0.2) is 5.13 Å². The number of ether oxygens (including phenoxy) is 1. The van der Waals surface area contributed by atoms with Crippen molar-refractivity contribution in [3.63, 3.8) is 0 Å². The van der Waals surface area contributed by atoms with Crippen LogP contribution in [0.5, 0.6) is 5.75 Å². The normalized spacial score (nSPS) is 10.6. The largest absolute Gasteiger partial charge is 0.487 e. The SMILES string of the molecule is CC(=O)N(c1nc(COc2cccc([N+](=O)[O-])c2)cs1)c1c(C)cc(C)cc1Cl.